The topological polar surface area (TPSA) is 133 Å². The number of carbonyl (C=O) groups is 1. The zero-order valence-corrected chi connectivity index (χ0v) is 25.8. The van der Waals surface area contributed by atoms with Gasteiger partial charge in [0.15, 0.2) is 0 Å². The number of hydrogen-bond donors (Lipinski definition) is 1. The zero-order valence-electron chi connectivity index (χ0n) is 25.0. The van der Waals surface area contributed by atoms with Crippen molar-refractivity contribution in [2.45, 2.75) is 37.6 Å². The molecule has 2 aromatic rings. The molecule has 1 fully saturated rings. The van der Waals surface area contributed by atoms with Crippen LogP contribution in [0.25, 0.3) is 0 Å². The molecule has 2 aromatic carbocycles. The van der Waals surface area contributed by atoms with Gasteiger partial charge in [-0.15, -0.1) is 0 Å². The van der Waals surface area contributed by atoms with E-state index in [1.54, 1.807) is 14.2 Å². The van der Waals surface area contributed by atoms with E-state index in [4.69, 9.17) is 27.9 Å². The molecule has 12 nitrogen and oxygen atoms in total. The summed E-state index contributed by atoms with van der Waals surface area (Å²) in [4.78, 5) is 15.7. The van der Waals surface area contributed by atoms with Crippen LogP contribution in [-0.2, 0) is 35.1 Å². The first kappa shape index (κ1) is 32.8. The van der Waals surface area contributed by atoms with Crippen molar-refractivity contribution in [2.75, 3.05) is 78.0 Å². The Morgan fingerprint density at radius 2 is 1.74 bits per heavy atom. The summed E-state index contributed by atoms with van der Waals surface area (Å²) in [5, 5.41) is 9.92. The fourth-order valence-electron chi connectivity index (χ4n) is 5.45. The predicted octanol–water partition coefficient (Wildman–Crippen LogP) is 3.34. The fraction of sp³-hybridized carbons (Fsp3) is 0.567. The molecular formula is C30H42N2O10S. The van der Waals surface area contributed by atoms with E-state index in [0.29, 0.717) is 25.4 Å². The lowest BCUT2D eigenvalue weighted by Gasteiger charge is -2.42. The summed E-state index contributed by atoms with van der Waals surface area (Å²) >= 11 is 0. The van der Waals surface area contributed by atoms with Gasteiger partial charge in [-0.25, -0.2) is 4.79 Å². The molecule has 0 aromatic heterocycles. The number of amides is 1. The molecular weight excluding hydrogens is 580 g/mol. The van der Waals surface area contributed by atoms with E-state index in [9.17, 15) is 18.3 Å². The second kappa shape index (κ2) is 15.6. The molecule has 13 heteroatoms. The van der Waals surface area contributed by atoms with E-state index in [0.717, 1.165) is 48.3 Å². The van der Waals surface area contributed by atoms with E-state index in [1.165, 1.54) is 4.90 Å². The number of benzene rings is 2. The summed E-state index contributed by atoms with van der Waals surface area (Å²) in [5.74, 6) is 1.24. The number of rotatable bonds is 15. The van der Waals surface area contributed by atoms with Crippen LogP contribution in [0.5, 0.6) is 11.5 Å². The lowest BCUT2D eigenvalue weighted by Crippen LogP contribution is -2.54. The molecule has 43 heavy (non-hydrogen) atoms. The first-order valence-corrected chi connectivity index (χ1v) is 16.2. The maximum Gasteiger partial charge on any atom is 0.407 e. The summed E-state index contributed by atoms with van der Waals surface area (Å²) in [5.41, 5.74) is 2.87. The largest absolute Gasteiger partial charge is 0.497 e. The van der Waals surface area contributed by atoms with Gasteiger partial charge in [-0.3, -0.25) is 4.18 Å². The van der Waals surface area contributed by atoms with E-state index in [2.05, 4.69) is 11.0 Å². The van der Waals surface area contributed by atoms with Crippen molar-refractivity contribution in [1.29, 1.82) is 0 Å². The van der Waals surface area contributed by atoms with Crippen LogP contribution < -0.4 is 14.4 Å². The van der Waals surface area contributed by atoms with Crippen molar-refractivity contribution in [3.63, 3.8) is 0 Å². The second-order valence-corrected chi connectivity index (χ2v) is 12.3. The number of hydrogen-bond acceptors (Lipinski definition) is 10. The molecule has 2 aliphatic heterocycles. The van der Waals surface area contributed by atoms with Gasteiger partial charge < -0.3 is 38.6 Å². The summed E-state index contributed by atoms with van der Waals surface area (Å²) in [6.07, 6.45) is 0.115. The van der Waals surface area contributed by atoms with Crippen LogP contribution >= 0.6 is 0 Å². The molecule has 0 unspecified atom stereocenters. The maximum absolute atomic E-state index is 12.1. The van der Waals surface area contributed by atoms with Crippen molar-refractivity contribution in [3.05, 3.63) is 53.6 Å². The number of nitrogens with zero attached hydrogens (tertiary/aromatic N) is 2. The lowest BCUT2D eigenvalue weighted by atomic mass is 9.84. The lowest BCUT2D eigenvalue weighted by molar-refractivity contribution is -0.0902. The molecule has 2 aliphatic rings. The van der Waals surface area contributed by atoms with Crippen molar-refractivity contribution in [1.82, 2.24) is 4.90 Å². The number of piperidine rings is 1. The number of ether oxygens (including phenoxy) is 5. The molecule has 1 amide bonds. The Labute approximate surface area is 253 Å². The molecule has 0 aliphatic carbocycles. The molecule has 2 heterocycles. The number of likely N-dealkylation sites (tertiary alicyclic amines) is 1. The molecule has 238 valence electrons. The van der Waals surface area contributed by atoms with Gasteiger partial charge in [0.05, 0.1) is 64.1 Å². The highest BCUT2D eigenvalue weighted by atomic mass is 32.2. The quantitative estimate of drug-likeness (QED) is 0.232. The zero-order chi connectivity index (χ0) is 30.8. The summed E-state index contributed by atoms with van der Waals surface area (Å²) in [6.45, 7) is 3.67. The van der Waals surface area contributed by atoms with Crippen molar-refractivity contribution in [2.24, 2.45) is 0 Å². The Balaban J connectivity index is 1.53. The van der Waals surface area contributed by atoms with Crippen LogP contribution in [0.1, 0.15) is 29.9 Å². The smallest absolute Gasteiger partial charge is 0.407 e. The van der Waals surface area contributed by atoms with Gasteiger partial charge >= 0.3 is 6.09 Å². The van der Waals surface area contributed by atoms with Crippen molar-refractivity contribution in [3.8, 4) is 11.5 Å². The monoisotopic (exact) mass is 622 g/mol. The fourth-order valence-corrected chi connectivity index (χ4v) is 5.87. The molecule has 0 bridgehead atoms. The predicted molar refractivity (Wildman–Crippen MR) is 160 cm³/mol. The van der Waals surface area contributed by atoms with E-state index < -0.39 is 28.4 Å². The van der Waals surface area contributed by atoms with Gasteiger partial charge in [0.2, 0.25) is 0 Å². The van der Waals surface area contributed by atoms with Crippen molar-refractivity contribution < 1.29 is 46.2 Å². The van der Waals surface area contributed by atoms with Gasteiger partial charge in [-0.2, -0.15) is 8.42 Å². The van der Waals surface area contributed by atoms with Crippen LogP contribution in [0.3, 0.4) is 0 Å². The number of anilines is 1. The van der Waals surface area contributed by atoms with Crippen molar-refractivity contribution >= 4 is 21.9 Å². The average molecular weight is 623 g/mol. The van der Waals surface area contributed by atoms with Crippen LogP contribution in [-0.4, -0.2) is 110 Å². The minimum absolute atomic E-state index is 0.0220. The van der Waals surface area contributed by atoms with E-state index in [1.807, 2.05) is 36.4 Å². The standard InChI is InChI=1S/C30H42N2O10S/c1-37-14-4-12-31-13-17-40-26-11-6-22(18-25(26)31)21-41-28-20-32(30(33)34)19-27(39-15-5-16-42-43(3,35)36)29(28)23-7-9-24(38-2)10-8-23/h6-11,18,27-29H,4-5,12-17,19-21H2,1-3H3,(H,33,34)/t27-,28+,29+/m1/s1. The van der Waals surface area contributed by atoms with E-state index >= 15 is 0 Å². The number of carboxylic acid groups (broad SMARTS) is 1. The first-order valence-electron chi connectivity index (χ1n) is 14.4. The third-order valence-corrected chi connectivity index (χ3v) is 8.11. The molecule has 1 N–H and O–H groups in total. The third kappa shape index (κ3) is 9.44. The van der Waals surface area contributed by atoms with Crippen LogP contribution in [0.15, 0.2) is 42.5 Å². The Bertz CT molecular complexity index is 1290. The minimum atomic E-state index is -3.56. The highest BCUT2D eigenvalue weighted by Crippen LogP contribution is 2.36. The normalized spacial score (nSPS) is 20.4. The summed E-state index contributed by atoms with van der Waals surface area (Å²) in [6, 6.07) is 13.6. The highest BCUT2D eigenvalue weighted by molar-refractivity contribution is 7.85. The second-order valence-electron chi connectivity index (χ2n) is 10.6. The van der Waals surface area contributed by atoms with Crippen LogP contribution in [0.4, 0.5) is 10.5 Å². The summed E-state index contributed by atoms with van der Waals surface area (Å²) < 4.78 is 56.6. The molecule has 1 saturated heterocycles. The molecule has 0 saturated carbocycles. The SMILES string of the molecule is COCCCN1CCOc2ccc(CO[C@H]3CN(C(=O)O)C[C@@H](OCCCOS(C)(=O)=O)[C@@H]3c3ccc(OC)cc3)cc21. The van der Waals surface area contributed by atoms with Gasteiger partial charge in [-0.05, 0) is 48.2 Å². The van der Waals surface area contributed by atoms with Gasteiger partial charge in [-0.1, -0.05) is 18.2 Å². The summed E-state index contributed by atoms with van der Waals surface area (Å²) in [7, 11) is -0.265. The maximum atomic E-state index is 12.1. The molecule has 0 spiro atoms. The molecule has 3 atom stereocenters. The minimum Gasteiger partial charge on any atom is -0.497 e. The molecule has 4 rings (SSSR count). The third-order valence-electron chi connectivity index (χ3n) is 7.51. The average Bonchev–Trinajstić information content (AvgIpc) is 2.99. The van der Waals surface area contributed by atoms with Gasteiger partial charge in [0, 0.05) is 32.8 Å². The number of fused-ring (bicyclic) bond motifs is 1. The highest BCUT2D eigenvalue weighted by Gasteiger charge is 2.41. The number of methoxy groups -OCH3 is 2. The Kier molecular flexibility index (Phi) is 11.9. The van der Waals surface area contributed by atoms with Gasteiger partial charge in [0.25, 0.3) is 10.1 Å². The first-order chi connectivity index (χ1) is 20.7. The Hall–Kier alpha value is -3.10. The van der Waals surface area contributed by atoms with Crippen LogP contribution in [0, 0.1) is 0 Å². The molecule has 0 radical (unpaired) electrons. The van der Waals surface area contributed by atoms with E-state index in [-0.39, 0.29) is 38.8 Å². The Morgan fingerprint density at radius 1 is 1.00 bits per heavy atom. The van der Waals surface area contributed by atoms with Gasteiger partial charge in [0.1, 0.15) is 18.1 Å². The Morgan fingerprint density at radius 3 is 2.42 bits per heavy atom. The van der Waals surface area contributed by atoms with Crippen LogP contribution in [0.2, 0.25) is 0 Å².